The van der Waals surface area contributed by atoms with Crippen LogP contribution in [-0.4, -0.2) is 21.2 Å². The molecule has 19 heavy (non-hydrogen) atoms. The zero-order valence-electron chi connectivity index (χ0n) is 11.0. The van der Waals surface area contributed by atoms with Gasteiger partial charge in [-0.3, -0.25) is 14.8 Å². The fourth-order valence-electron chi connectivity index (χ4n) is 1.97. The molecule has 0 fully saturated rings. The van der Waals surface area contributed by atoms with Crippen LogP contribution < -0.4 is 5.32 Å². The Kier molecular flexibility index (Phi) is 3.79. The van der Waals surface area contributed by atoms with Crippen LogP contribution in [0.3, 0.4) is 0 Å². The summed E-state index contributed by atoms with van der Waals surface area (Å²) in [4.78, 5) is 10.7. The highest BCUT2D eigenvalue weighted by Gasteiger charge is 2.16. The van der Waals surface area contributed by atoms with Crippen molar-refractivity contribution in [1.82, 2.24) is 9.78 Å². The fourth-order valence-corrected chi connectivity index (χ4v) is 1.97. The van der Waals surface area contributed by atoms with E-state index in [1.165, 1.54) is 0 Å². The summed E-state index contributed by atoms with van der Waals surface area (Å²) in [5.41, 5.74) is 2.32. The normalized spacial score (nSPS) is 10.4. The lowest BCUT2D eigenvalue weighted by Gasteiger charge is -2.07. The molecule has 0 aliphatic heterocycles. The molecular weight excluding hydrogens is 244 g/mol. The van der Waals surface area contributed by atoms with E-state index in [2.05, 4.69) is 10.4 Å². The molecule has 0 bridgehead atoms. The van der Waals surface area contributed by atoms with Crippen LogP contribution in [0.15, 0.2) is 30.5 Å². The highest BCUT2D eigenvalue weighted by molar-refractivity contribution is 5.64. The zero-order chi connectivity index (χ0) is 13.8. The Labute approximate surface area is 111 Å². The van der Waals surface area contributed by atoms with Crippen LogP contribution in [0.1, 0.15) is 11.3 Å². The highest BCUT2D eigenvalue weighted by Crippen LogP contribution is 2.27. The molecular formula is C13H16N4O2. The number of aromatic nitrogens is 2. The average molecular weight is 260 g/mol. The topological polar surface area (TPSA) is 73.0 Å². The quantitative estimate of drug-likeness (QED) is 0.661. The summed E-state index contributed by atoms with van der Waals surface area (Å²) < 4.78 is 1.74. The molecule has 6 heteroatoms. The Morgan fingerprint density at radius 1 is 1.42 bits per heavy atom. The van der Waals surface area contributed by atoms with Crippen LogP contribution in [0, 0.1) is 17.0 Å². The monoisotopic (exact) mass is 260 g/mol. The van der Waals surface area contributed by atoms with Gasteiger partial charge in [0, 0.05) is 31.8 Å². The predicted octanol–water partition coefficient (Wildman–Crippen LogP) is 2.29. The second-order valence-corrected chi connectivity index (χ2v) is 4.39. The lowest BCUT2D eigenvalue weighted by atomic mass is 10.1. The van der Waals surface area contributed by atoms with Gasteiger partial charge in [0.15, 0.2) is 0 Å². The van der Waals surface area contributed by atoms with E-state index in [1.54, 1.807) is 23.7 Å². The van der Waals surface area contributed by atoms with Crippen LogP contribution >= 0.6 is 0 Å². The molecule has 0 radical (unpaired) electrons. The number of para-hydroxylation sites is 1. The molecule has 1 N–H and O–H groups in total. The minimum atomic E-state index is -0.349. The van der Waals surface area contributed by atoms with Crippen molar-refractivity contribution in [1.29, 1.82) is 0 Å². The summed E-state index contributed by atoms with van der Waals surface area (Å²) in [6.07, 6.45) is 2.61. The molecule has 0 aliphatic carbocycles. The summed E-state index contributed by atoms with van der Waals surface area (Å²) in [5, 5.41) is 18.4. The van der Waals surface area contributed by atoms with Gasteiger partial charge in [-0.15, -0.1) is 0 Å². The van der Waals surface area contributed by atoms with Gasteiger partial charge in [-0.1, -0.05) is 12.1 Å². The summed E-state index contributed by atoms with van der Waals surface area (Å²) in [7, 11) is 1.86. The van der Waals surface area contributed by atoms with E-state index in [9.17, 15) is 10.1 Å². The SMILES string of the molecule is Cc1cccc(NCCc2ccn(C)n2)c1[N+](=O)[O-]. The first kappa shape index (κ1) is 13.1. The van der Waals surface area contributed by atoms with Gasteiger partial charge in [-0.05, 0) is 19.1 Å². The number of benzene rings is 1. The smallest absolute Gasteiger partial charge is 0.295 e. The molecule has 0 saturated carbocycles. The van der Waals surface area contributed by atoms with Gasteiger partial charge < -0.3 is 5.32 Å². The molecule has 0 saturated heterocycles. The van der Waals surface area contributed by atoms with Gasteiger partial charge in [0.25, 0.3) is 5.69 Å². The number of hydrogen-bond donors (Lipinski definition) is 1. The summed E-state index contributed by atoms with van der Waals surface area (Å²) in [6.45, 7) is 2.35. The summed E-state index contributed by atoms with van der Waals surface area (Å²) in [5.74, 6) is 0. The molecule has 2 aromatic rings. The molecule has 2 rings (SSSR count). The van der Waals surface area contributed by atoms with Crippen LogP contribution in [0.25, 0.3) is 0 Å². The number of anilines is 1. The Morgan fingerprint density at radius 3 is 2.84 bits per heavy atom. The maximum Gasteiger partial charge on any atom is 0.295 e. The Morgan fingerprint density at radius 2 is 2.21 bits per heavy atom. The maximum absolute atomic E-state index is 11.0. The summed E-state index contributed by atoms with van der Waals surface area (Å²) in [6, 6.07) is 7.21. The van der Waals surface area contributed by atoms with Gasteiger partial charge >= 0.3 is 0 Å². The van der Waals surface area contributed by atoms with Crippen molar-refractivity contribution in [2.75, 3.05) is 11.9 Å². The van der Waals surface area contributed by atoms with Gasteiger partial charge in [-0.2, -0.15) is 5.10 Å². The number of rotatable bonds is 5. The first-order valence-corrected chi connectivity index (χ1v) is 6.04. The van der Waals surface area contributed by atoms with Crippen LogP contribution in [0.4, 0.5) is 11.4 Å². The number of nitro groups is 1. The first-order chi connectivity index (χ1) is 9.08. The minimum Gasteiger partial charge on any atom is -0.379 e. The summed E-state index contributed by atoms with van der Waals surface area (Å²) >= 11 is 0. The van der Waals surface area contributed by atoms with Crippen molar-refractivity contribution < 1.29 is 4.92 Å². The molecule has 6 nitrogen and oxygen atoms in total. The fraction of sp³-hybridized carbons (Fsp3) is 0.308. The number of nitrogens with one attached hydrogen (secondary N) is 1. The second kappa shape index (κ2) is 5.51. The third kappa shape index (κ3) is 3.09. The zero-order valence-corrected chi connectivity index (χ0v) is 11.0. The van der Waals surface area contributed by atoms with E-state index in [4.69, 9.17) is 0 Å². The predicted molar refractivity (Wildman–Crippen MR) is 73.2 cm³/mol. The van der Waals surface area contributed by atoms with Gasteiger partial charge in [-0.25, -0.2) is 0 Å². The van der Waals surface area contributed by atoms with Gasteiger partial charge in [0.05, 0.1) is 10.6 Å². The van der Waals surface area contributed by atoms with E-state index in [0.717, 1.165) is 12.1 Å². The van der Waals surface area contributed by atoms with E-state index >= 15 is 0 Å². The maximum atomic E-state index is 11.0. The molecule has 0 amide bonds. The lowest BCUT2D eigenvalue weighted by Crippen LogP contribution is -2.08. The van der Waals surface area contributed by atoms with Gasteiger partial charge in [0.1, 0.15) is 5.69 Å². The molecule has 1 aromatic carbocycles. The van der Waals surface area contributed by atoms with Crippen molar-refractivity contribution in [2.24, 2.45) is 7.05 Å². The van der Waals surface area contributed by atoms with E-state index < -0.39 is 0 Å². The second-order valence-electron chi connectivity index (χ2n) is 4.39. The van der Waals surface area contributed by atoms with Crippen molar-refractivity contribution in [2.45, 2.75) is 13.3 Å². The van der Waals surface area contributed by atoms with Gasteiger partial charge in [0.2, 0.25) is 0 Å². The Balaban J connectivity index is 2.03. The van der Waals surface area contributed by atoms with E-state index in [0.29, 0.717) is 17.8 Å². The molecule has 1 heterocycles. The molecule has 0 aliphatic rings. The van der Waals surface area contributed by atoms with Crippen LogP contribution in [-0.2, 0) is 13.5 Å². The third-order valence-electron chi connectivity index (χ3n) is 2.89. The molecule has 0 unspecified atom stereocenters. The number of aryl methyl sites for hydroxylation is 2. The molecule has 100 valence electrons. The third-order valence-corrected chi connectivity index (χ3v) is 2.89. The largest absolute Gasteiger partial charge is 0.379 e. The standard InChI is InChI=1S/C13H16N4O2/c1-10-4-3-5-12(13(10)17(18)19)14-8-6-11-7-9-16(2)15-11/h3-5,7,9,14H,6,8H2,1-2H3. The van der Waals surface area contributed by atoms with Crippen molar-refractivity contribution in [3.8, 4) is 0 Å². The number of nitrogens with zero attached hydrogens (tertiary/aromatic N) is 3. The minimum absolute atomic E-state index is 0.142. The van der Waals surface area contributed by atoms with Crippen molar-refractivity contribution in [3.63, 3.8) is 0 Å². The van der Waals surface area contributed by atoms with Crippen molar-refractivity contribution in [3.05, 3.63) is 51.8 Å². The lowest BCUT2D eigenvalue weighted by molar-refractivity contribution is -0.384. The van der Waals surface area contributed by atoms with Crippen molar-refractivity contribution >= 4 is 11.4 Å². The molecule has 0 atom stereocenters. The van der Waals surface area contributed by atoms with Crippen LogP contribution in [0.5, 0.6) is 0 Å². The average Bonchev–Trinajstić information content (AvgIpc) is 2.74. The number of nitro benzene ring substituents is 1. The Hall–Kier alpha value is -2.37. The number of hydrogen-bond acceptors (Lipinski definition) is 4. The highest BCUT2D eigenvalue weighted by atomic mass is 16.6. The van der Waals surface area contributed by atoms with E-state index in [1.807, 2.05) is 25.4 Å². The molecule has 1 aromatic heterocycles. The first-order valence-electron chi connectivity index (χ1n) is 6.04. The Bertz CT molecular complexity index is 592. The van der Waals surface area contributed by atoms with Crippen LogP contribution in [0.2, 0.25) is 0 Å². The van der Waals surface area contributed by atoms with E-state index in [-0.39, 0.29) is 10.6 Å². The molecule has 0 spiro atoms.